The van der Waals surface area contributed by atoms with E-state index in [1.807, 2.05) is 36.6 Å². The molecule has 2 aromatic heterocycles. The topological polar surface area (TPSA) is 86.1 Å². The van der Waals surface area contributed by atoms with E-state index in [0.717, 1.165) is 11.3 Å². The van der Waals surface area contributed by atoms with Crippen LogP contribution in [-0.2, 0) is 14.3 Å². The number of carbonyl (C=O) groups is 2. The minimum absolute atomic E-state index is 0.136. The summed E-state index contributed by atoms with van der Waals surface area (Å²) in [5.74, 6) is -1.41. The molecule has 1 aromatic carbocycles. The number of nitrogens with one attached hydrogen (secondary N) is 1. The fourth-order valence-corrected chi connectivity index (χ4v) is 3.11. The molecule has 1 amide bonds. The standard InChI is InChI=1S/C18H18N4O3S/c1-4-25-17(24)16(23)20-15-9-12(3)21-22(15)18-19-14(10-26-18)13-7-5-11(2)6-8-13/h5-10H,4H2,1-3H3,(H,20,23). The van der Waals surface area contributed by atoms with Gasteiger partial charge in [-0.1, -0.05) is 29.8 Å². The van der Waals surface area contributed by atoms with Crippen molar-refractivity contribution in [3.8, 4) is 16.4 Å². The Balaban J connectivity index is 1.87. The Labute approximate surface area is 154 Å². The first-order chi connectivity index (χ1) is 12.5. The summed E-state index contributed by atoms with van der Waals surface area (Å²) in [4.78, 5) is 28.0. The minimum Gasteiger partial charge on any atom is -0.459 e. The van der Waals surface area contributed by atoms with Crippen molar-refractivity contribution in [2.45, 2.75) is 20.8 Å². The van der Waals surface area contributed by atoms with E-state index in [-0.39, 0.29) is 6.61 Å². The lowest BCUT2D eigenvalue weighted by atomic mass is 10.1. The van der Waals surface area contributed by atoms with Crippen molar-refractivity contribution in [3.63, 3.8) is 0 Å². The number of amides is 1. The smallest absolute Gasteiger partial charge is 0.397 e. The zero-order valence-corrected chi connectivity index (χ0v) is 15.5. The maximum atomic E-state index is 11.9. The third kappa shape index (κ3) is 3.80. The summed E-state index contributed by atoms with van der Waals surface area (Å²) in [5.41, 5.74) is 3.69. The second-order valence-electron chi connectivity index (χ2n) is 5.64. The normalized spacial score (nSPS) is 10.6. The van der Waals surface area contributed by atoms with Gasteiger partial charge in [0.1, 0.15) is 5.82 Å². The van der Waals surface area contributed by atoms with Gasteiger partial charge < -0.3 is 10.1 Å². The van der Waals surface area contributed by atoms with E-state index >= 15 is 0 Å². The quantitative estimate of drug-likeness (QED) is 0.563. The molecule has 0 unspecified atom stereocenters. The van der Waals surface area contributed by atoms with Gasteiger partial charge in [0.25, 0.3) is 0 Å². The molecule has 1 N–H and O–H groups in total. The molecule has 0 saturated heterocycles. The lowest BCUT2D eigenvalue weighted by Gasteiger charge is -2.05. The Hall–Kier alpha value is -3.00. The second kappa shape index (κ2) is 7.49. The van der Waals surface area contributed by atoms with Crippen LogP contribution >= 0.6 is 11.3 Å². The van der Waals surface area contributed by atoms with E-state index in [1.165, 1.54) is 21.6 Å². The predicted molar refractivity (Wildman–Crippen MR) is 99.4 cm³/mol. The molecule has 0 aliphatic carbocycles. The molecule has 0 radical (unpaired) electrons. The number of carbonyl (C=O) groups excluding carboxylic acids is 2. The van der Waals surface area contributed by atoms with Crippen LogP contribution in [0.25, 0.3) is 16.4 Å². The minimum atomic E-state index is -0.933. The zero-order valence-electron chi connectivity index (χ0n) is 14.6. The number of anilines is 1. The lowest BCUT2D eigenvalue weighted by Crippen LogP contribution is -2.26. The summed E-state index contributed by atoms with van der Waals surface area (Å²) in [6.07, 6.45) is 0. The van der Waals surface area contributed by atoms with Crippen molar-refractivity contribution >= 4 is 29.0 Å². The van der Waals surface area contributed by atoms with E-state index in [0.29, 0.717) is 16.6 Å². The largest absolute Gasteiger partial charge is 0.459 e. The Bertz CT molecular complexity index is 944. The average molecular weight is 370 g/mol. The number of hydrogen-bond donors (Lipinski definition) is 1. The fourth-order valence-electron chi connectivity index (χ4n) is 2.32. The van der Waals surface area contributed by atoms with E-state index < -0.39 is 11.9 Å². The van der Waals surface area contributed by atoms with Crippen LogP contribution in [0.3, 0.4) is 0 Å². The van der Waals surface area contributed by atoms with E-state index in [1.54, 1.807) is 19.9 Å². The van der Waals surface area contributed by atoms with Crippen LogP contribution in [0.1, 0.15) is 18.2 Å². The van der Waals surface area contributed by atoms with Crippen molar-refractivity contribution in [1.29, 1.82) is 0 Å². The van der Waals surface area contributed by atoms with E-state index in [2.05, 4.69) is 15.4 Å². The van der Waals surface area contributed by atoms with E-state index in [4.69, 9.17) is 4.74 Å². The number of ether oxygens (including phenoxy) is 1. The predicted octanol–water partition coefficient (Wildman–Crippen LogP) is 3.11. The fraction of sp³-hybridized carbons (Fsp3) is 0.222. The van der Waals surface area contributed by atoms with Gasteiger partial charge in [-0.05, 0) is 20.8 Å². The Morgan fingerprint density at radius 3 is 2.65 bits per heavy atom. The van der Waals surface area contributed by atoms with Gasteiger partial charge in [-0.3, -0.25) is 4.79 Å². The molecule has 0 spiro atoms. The molecule has 2 heterocycles. The molecule has 0 aliphatic rings. The van der Waals surface area contributed by atoms with Gasteiger partial charge in [0, 0.05) is 17.0 Å². The third-order valence-corrected chi connectivity index (χ3v) is 4.37. The number of benzene rings is 1. The molecule has 0 bridgehead atoms. The molecular formula is C18H18N4O3S. The van der Waals surface area contributed by atoms with Crippen LogP contribution in [0.5, 0.6) is 0 Å². The van der Waals surface area contributed by atoms with Gasteiger partial charge in [0.15, 0.2) is 0 Å². The highest BCUT2D eigenvalue weighted by Gasteiger charge is 2.19. The Kier molecular flexibility index (Phi) is 5.13. The van der Waals surface area contributed by atoms with Crippen LogP contribution in [0.2, 0.25) is 0 Å². The highest BCUT2D eigenvalue weighted by molar-refractivity contribution is 7.12. The summed E-state index contributed by atoms with van der Waals surface area (Å²) in [5, 5.41) is 9.40. The van der Waals surface area contributed by atoms with Gasteiger partial charge in [-0.2, -0.15) is 9.78 Å². The average Bonchev–Trinajstić information content (AvgIpc) is 3.22. The van der Waals surface area contributed by atoms with Gasteiger partial charge in [0.2, 0.25) is 5.13 Å². The summed E-state index contributed by atoms with van der Waals surface area (Å²) in [6.45, 7) is 5.60. The van der Waals surface area contributed by atoms with Crippen LogP contribution in [0, 0.1) is 13.8 Å². The van der Waals surface area contributed by atoms with Crippen molar-refractivity contribution in [1.82, 2.24) is 14.8 Å². The van der Waals surface area contributed by atoms with Crippen LogP contribution in [0.4, 0.5) is 5.82 Å². The summed E-state index contributed by atoms with van der Waals surface area (Å²) < 4.78 is 6.21. The molecule has 8 heteroatoms. The molecule has 0 fully saturated rings. The molecule has 0 atom stereocenters. The van der Waals surface area contributed by atoms with Crippen molar-refractivity contribution in [2.24, 2.45) is 0 Å². The van der Waals surface area contributed by atoms with Crippen LogP contribution in [-0.4, -0.2) is 33.2 Å². The number of aromatic nitrogens is 3. The number of hydrogen-bond acceptors (Lipinski definition) is 6. The second-order valence-corrected chi connectivity index (χ2v) is 6.48. The molecule has 26 heavy (non-hydrogen) atoms. The van der Waals surface area contributed by atoms with Crippen LogP contribution < -0.4 is 5.32 Å². The van der Waals surface area contributed by atoms with E-state index in [9.17, 15) is 9.59 Å². The van der Waals surface area contributed by atoms with Crippen molar-refractivity contribution in [2.75, 3.05) is 11.9 Å². The van der Waals surface area contributed by atoms with Crippen molar-refractivity contribution in [3.05, 3.63) is 47.0 Å². The maximum absolute atomic E-state index is 11.9. The number of esters is 1. The van der Waals surface area contributed by atoms with Gasteiger partial charge in [0.05, 0.1) is 18.0 Å². The lowest BCUT2D eigenvalue weighted by molar-refractivity contribution is -0.152. The molecule has 0 aliphatic heterocycles. The van der Waals surface area contributed by atoms with Gasteiger partial charge in [-0.25, -0.2) is 9.78 Å². The number of rotatable bonds is 4. The number of nitrogens with zero attached hydrogens (tertiary/aromatic N) is 3. The zero-order chi connectivity index (χ0) is 18.7. The summed E-state index contributed by atoms with van der Waals surface area (Å²) in [6, 6.07) is 9.73. The summed E-state index contributed by atoms with van der Waals surface area (Å²) in [7, 11) is 0. The Morgan fingerprint density at radius 2 is 1.96 bits per heavy atom. The summed E-state index contributed by atoms with van der Waals surface area (Å²) >= 11 is 1.40. The maximum Gasteiger partial charge on any atom is 0.397 e. The molecule has 0 saturated carbocycles. The highest BCUT2D eigenvalue weighted by Crippen LogP contribution is 2.26. The van der Waals surface area contributed by atoms with Crippen molar-refractivity contribution < 1.29 is 14.3 Å². The first-order valence-electron chi connectivity index (χ1n) is 8.05. The molecule has 3 aromatic rings. The Morgan fingerprint density at radius 1 is 1.23 bits per heavy atom. The first kappa shape index (κ1) is 17.8. The molecular weight excluding hydrogens is 352 g/mol. The van der Waals surface area contributed by atoms with Gasteiger partial charge in [-0.15, -0.1) is 11.3 Å². The van der Waals surface area contributed by atoms with Gasteiger partial charge >= 0.3 is 11.9 Å². The SMILES string of the molecule is CCOC(=O)C(=O)Nc1cc(C)nn1-c1nc(-c2ccc(C)cc2)cs1. The molecule has 134 valence electrons. The highest BCUT2D eigenvalue weighted by atomic mass is 32.1. The third-order valence-electron chi connectivity index (χ3n) is 3.55. The number of thiazole rings is 1. The first-order valence-corrected chi connectivity index (χ1v) is 8.93. The monoisotopic (exact) mass is 370 g/mol. The number of aryl methyl sites for hydroxylation is 2. The molecule has 7 nitrogen and oxygen atoms in total. The van der Waals surface area contributed by atoms with Crippen LogP contribution in [0.15, 0.2) is 35.7 Å². The molecule has 3 rings (SSSR count).